The monoisotopic (exact) mass is 344 g/mol. The molecular formula is C18H20N2O3S. The summed E-state index contributed by atoms with van der Waals surface area (Å²) in [4.78, 5) is 11.5. The number of aryl methyl sites for hydroxylation is 2. The van der Waals surface area contributed by atoms with E-state index in [1.807, 2.05) is 6.07 Å². The Hall–Kier alpha value is -2.34. The summed E-state index contributed by atoms with van der Waals surface area (Å²) in [7, 11) is -3.67. The van der Waals surface area contributed by atoms with E-state index >= 15 is 0 Å². The van der Waals surface area contributed by atoms with Crippen molar-refractivity contribution in [3.63, 3.8) is 0 Å². The van der Waals surface area contributed by atoms with Crippen LogP contribution in [-0.2, 0) is 27.7 Å². The van der Waals surface area contributed by atoms with Gasteiger partial charge in [-0.15, -0.1) is 0 Å². The molecule has 0 spiro atoms. The molecule has 0 saturated heterocycles. The summed E-state index contributed by atoms with van der Waals surface area (Å²) < 4.78 is 28.0. The van der Waals surface area contributed by atoms with Gasteiger partial charge in [-0.25, -0.2) is 8.42 Å². The van der Waals surface area contributed by atoms with Crippen molar-refractivity contribution >= 4 is 27.3 Å². The summed E-state index contributed by atoms with van der Waals surface area (Å²) in [5, 5.41) is 2.70. The lowest BCUT2D eigenvalue weighted by atomic mass is 10.1. The second-order valence-electron chi connectivity index (χ2n) is 6.05. The van der Waals surface area contributed by atoms with Gasteiger partial charge in [0, 0.05) is 12.6 Å². The Balaban J connectivity index is 1.91. The summed E-state index contributed by atoms with van der Waals surface area (Å²) in [5.74, 6) is -0.197. The Morgan fingerprint density at radius 2 is 1.75 bits per heavy atom. The Bertz CT molecular complexity index is 904. The molecule has 5 nitrogen and oxygen atoms in total. The lowest BCUT2D eigenvalue weighted by Crippen LogP contribution is -2.15. The summed E-state index contributed by atoms with van der Waals surface area (Å²) >= 11 is 0. The first kappa shape index (κ1) is 16.5. The zero-order valence-electron chi connectivity index (χ0n) is 13.7. The first-order valence-electron chi connectivity index (χ1n) is 7.88. The van der Waals surface area contributed by atoms with Crippen LogP contribution in [0.4, 0.5) is 11.4 Å². The number of amides is 1. The maximum absolute atomic E-state index is 12.7. The molecular weight excluding hydrogens is 324 g/mol. The van der Waals surface area contributed by atoms with Crippen LogP contribution in [0, 0.1) is 6.92 Å². The molecule has 1 amide bonds. The highest BCUT2D eigenvalue weighted by molar-refractivity contribution is 7.92. The van der Waals surface area contributed by atoms with Crippen LogP contribution >= 0.6 is 0 Å². The van der Waals surface area contributed by atoms with Crippen molar-refractivity contribution in [3.8, 4) is 0 Å². The topological polar surface area (TPSA) is 75.3 Å². The van der Waals surface area contributed by atoms with Gasteiger partial charge in [0.15, 0.2) is 0 Å². The fraction of sp³-hybridized carbons (Fsp3) is 0.278. The SMILES string of the molecule is CC(=O)Nc1cccc(NS(=O)(=O)c2ccc3c(c2)CCC3)c1C. The van der Waals surface area contributed by atoms with E-state index < -0.39 is 10.0 Å². The maximum atomic E-state index is 12.7. The van der Waals surface area contributed by atoms with E-state index in [2.05, 4.69) is 10.0 Å². The van der Waals surface area contributed by atoms with Gasteiger partial charge in [-0.2, -0.15) is 0 Å². The predicted octanol–water partition coefficient (Wildman–Crippen LogP) is 3.24. The summed E-state index contributed by atoms with van der Waals surface area (Å²) in [6, 6.07) is 10.4. The molecule has 0 atom stereocenters. The number of sulfonamides is 1. The average molecular weight is 344 g/mol. The van der Waals surface area contributed by atoms with Crippen LogP contribution in [0.3, 0.4) is 0 Å². The van der Waals surface area contributed by atoms with Gasteiger partial charge < -0.3 is 5.32 Å². The number of benzene rings is 2. The largest absolute Gasteiger partial charge is 0.326 e. The molecule has 24 heavy (non-hydrogen) atoms. The van der Waals surface area contributed by atoms with Gasteiger partial charge in [-0.1, -0.05) is 12.1 Å². The van der Waals surface area contributed by atoms with Crippen LogP contribution in [0.25, 0.3) is 0 Å². The van der Waals surface area contributed by atoms with Gasteiger partial charge >= 0.3 is 0 Å². The zero-order chi connectivity index (χ0) is 17.3. The third-order valence-corrected chi connectivity index (χ3v) is 5.63. The third kappa shape index (κ3) is 3.28. The van der Waals surface area contributed by atoms with E-state index in [1.54, 1.807) is 37.3 Å². The van der Waals surface area contributed by atoms with E-state index in [4.69, 9.17) is 0 Å². The Morgan fingerprint density at radius 1 is 1.04 bits per heavy atom. The minimum absolute atomic E-state index is 0.197. The van der Waals surface area contributed by atoms with Crippen molar-refractivity contribution < 1.29 is 13.2 Å². The molecule has 2 aromatic rings. The van der Waals surface area contributed by atoms with E-state index in [-0.39, 0.29) is 10.8 Å². The molecule has 2 aromatic carbocycles. The van der Waals surface area contributed by atoms with Gasteiger partial charge in [0.25, 0.3) is 10.0 Å². The van der Waals surface area contributed by atoms with Crippen molar-refractivity contribution in [3.05, 3.63) is 53.1 Å². The lowest BCUT2D eigenvalue weighted by molar-refractivity contribution is -0.114. The van der Waals surface area contributed by atoms with Crippen LogP contribution in [0.2, 0.25) is 0 Å². The normalized spacial score (nSPS) is 13.4. The molecule has 0 bridgehead atoms. The van der Waals surface area contributed by atoms with Gasteiger partial charge in [0.1, 0.15) is 0 Å². The van der Waals surface area contributed by atoms with Gasteiger partial charge in [-0.3, -0.25) is 9.52 Å². The second kappa shape index (κ2) is 6.28. The van der Waals surface area contributed by atoms with Gasteiger partial charge in [0.05, 0.1) is 10.6 Å². The predicted molar refractivity (Wildman–Crippen MR) is 94.8 cm³/mol. The van der Waals surface area contributed by atoms with Crippen molar-refractivity contribution in [1.82, 2.24) is 0 Å². The lowest BCUT2D eigenvalue weighted by Gasteiger charge is -2.14. The number of anilines is 2. The molecule has 0 aliphatic heterocycles. The number of hydrogen-bond acceptors (Lipinski definition) is 3. The molecule has 3 rings (SSSR count). The van der Waals surface area contributed by atoms with Crippen LogP contribution < -0.4 is 10.0 Å². The van der Waals surface area contributed by atoms with Crippen LogP contribution in [0.1, 0.15) is 30.0 Å². The smallest absolute Gasteiger partial charge is 0.261 e. The molecule has 1 aliphatic carbocycles. The Labute approximate surface area is 142 Å². The average Bonchev–Trinajstić information content (AvgIpc) is 2.98. The quantitative estimate of drug-likeness (QED) is 0.894. The highest BCUT2D eigenvalue weighted by Crippen LogP contribution is 2.28. The van der Waals surface area contributed by atoms with Crippen molar-refractivity contribution in [2.45, 2.75) is 38.0 Å². The van der Waals surface area contributed by atoms with Crippen LogP contribution in [0.15, 0.2) is 41.3 Å². The Kier molecular flexibility index (Phi) is 4.32. The number of nitrogens with one attached hydrogen (secondary N) is 2. The minimum Gasteiger partial charge on any atom is -0.326 e. The molecule has 0 heterocycles. The highest BCUT2D eigenvalue weighted by Gasteiger charge is 2.19. The number of rotatable bonds is 4. The van der Waals surface area contributed by atoms with Crippen LogP contribution in [0.5, 0.6) is 0 Å². The first-order chi connectivity index (χ1) is 11.4. The number of hydrogen-bond donors (Lipinski definition) is 2. The highest BCUT2D eigenvalue weighted by atomic mass is 32.2. The fourth-order valence-electron chi connectivity index (χ4n) is 2.99. The molecule has 6 heteroatoms. The first-order valence-corrected chi connectivity index (χ1v) is 9.37. The maximum Gasteiger partial charge on any atom is 0.261 e. The number of fused-ring (bicyclic) bond motifs is 1. The van der Waals surface area contributed by atoms with Crippen molar-refractivity contribution in [2.24, 2.45) is 0 Å². The molecule has 0 radical (unpaired) electrons. The summed E-state index contributed by atoms with van der Waals surface area (Å²) in [6.45, 7) is 3.19. The summed E-state index contributed by atoms with van der Waals surface area (Å²) in [5.41, 5.74) is 4.08. The van der Waals surface area contributed by atoms with E-state index in [0.29, 0.717) is 16.9 Å². The molecule has 0 saturated carbocycles. The van der Waals surface area contributed by atoms with Crippen molar-refractivity contribution in [2.75, 3.05) is 10.0 Å². The molecule has 2 N–H and O–H groups in total. The van der Waals surface area contributed by atoms with Crippen LogP contribution in [-0.4, -0.2) is 14.3 Å². The zero-order valence-corrected chi connectivity index (χ0v) is 14.5. The standard InChI is InChI=1S/C18H20N2O3S/c1-12-17(19-13(2)21)7-4-8-18(12)20-24(22,23)16-10-9-14-5-3-6-15(14)11-16/h4,7-11,20H,3,5-6H2,1-2H3,(H,19,21). The summed E-state index contributed by atoms with van der Waals surface area (Å²) in [6.07, 6.45) is 3.01. The molecule has 0 aromatic heterocycles. The molecule has 0 fully saturated rings. The van der Waals surface area contributed by atoms with E-state index in [0.717, 1.165) is 24.8 Å². The van der Waals surface area contributed by atoms with Crippen molar-refractivity contribution in [1.29, 1.82) is 0 Å². The fourth-order valence-corrected chi connectivity index (χ4v) is 4.16. The Morgan fingerprint density at radius 3 is 2.50 bits per heavy atom. The van der Waals surface area contributed by atoms with E-state index in [9.17, 15) is 13.2 Å². The molecule has 0 unspecified atom stereocenters. The molecule has 1 aliphatic rings. The number of carbonyl (C=O) groups is 1. The number of carbonyl (C=O) groups excluding carboxylic acids is 1. The third-order valence-electron chi connectivity index (χ3n) is 4.27. The molecule has 126 valence electrons. The van der Waals surface area contributed by atoms with Gasteiger partial charge in [0.2, 0.25) is 5.91 Å². The van der Waals surface area contributed by atoms with E-state index in [1.165, 1.54) is 12.5 Å². The van der Waals surface area contributed by atoms with Gasteiger partial charge in [-0.05, 0) is 67.1 Å². The second-order valence-corrected chi connectivity index (χ2v) is 7.73. The minimum atomic E-state index is -3.67.